The van der Waals surface area contributed by atoms with Gasteiger partial charge in [0.05, 0.1) is 6.10 Å². The minimum Gasteiger partial charge on any atom is -0.387 e. The Kier molecular flexibility index (Phi) is 5.55. The smallest absolute Gasteiger partial charge is 0.123 e. The van der Waals surface area contributed by atoms with Gasteiger partial charge in [-0.2, -0.15) is 0 Å². The average molecular weight is 221 g/mol. The zero-order valence-electron chi connectivity index (χ0n) is 9.33. The summed E-state index contributed by atoms with van der Waals surface area (Å²) in [5.74, 6) is 5.44. The van der Waals surface area contributed by atoms with Crippen molar-refractivity contribution in [1.29, 1.82) is 0 Å². The molecule has 3 heteroatoms. The Hall–Kier alpha value is -1.37. The van der Waals surface area contributed by atoms with Gasteiger partial charge in [-0.3, -0.25) is 0 Å². The molecule has 0 amide bonds. The van der Waals surface area contributed by atoms with Gasteiger partial charge < -0.3 is 10.4 Å². The van der Waals surface area contributed by atoms with E-state index in [9.17, 15) is 9.50 Å². The quantitative estimate of drug-likeness (QED) is 0.587. The minimum atomic E-state index is -0.602. The maximum Gasteiger partial charge on any atom is 0.123 e. The second-order valence-corrected chi connectivity index (χ2v) is 3.45. The lowest BCUT2D eigenvalue weighted by atomic mass is 10.1. The summed E-state index contributed by atoms with van der Waals surface area (Å²) in [6.07, 6.45) is 0.169. The number of aliphatic hydroxyl groups is 1. The van der Waals surface area contributed by atoms with Crippen LogP contribution in [0.5, 0.6) is 0 Å². The lowest BCUT2D eigenvalue weighted by molar-refractivity contribution is 0.175. The van der Waals surface area contributed by atoms with Gasteiger partial charge in [0, 0.05) is 19.5 Å². The molecule has 2 nitrogen and oxygen atoms in total. The number of nitrogens with one attached hydrogen (secondary N) is 1. The first-order chi connectivity index (χ1) is 7.74. The van der Waals surface area contributed by atoms with Crippen molar-refractivity contribution in [2.45, 2.75) is 19.4 Å². The van der Waals surface area contributed by atoms with Gasteiger partial charge in [-0.15, -0.1) is 11.8 Å². The van der Waals surface area contributed by atoms with E-state index in [1.165, 1.54) is 12.1 Å². The van der Waals surface area contributed by atoms with E-state index in [0.29, 0.717) is 6.54 Å². The van der Waals surface area contributed by atoms with Gasteiger partial charge in [0.15, 0.2) is 0 Å². The van der Waals surface area contributed by atoms with E-state index in [2.05, 4.69) is 17.2 Å². The number of hydrogen-bond donors (Lipinski definition) is 2. The molecule has 1 rings (SSSR count). The molecule has 0 saturated carbocycles. The molecular formula is C13H16FNO. The van der Waals surface area contributed by atoms with Crippen LogP contribution < -0.4 is 5.32 Å². The first-order valence-corrected chi connectivity index (χ1v) is 5.28. The second-order valence-electron chi connectivity index (χ2n) is 3.45. The van der Waals surface area contributed by atoms with E-state index in [-0.39, 0.29) is 5.82 Å². The van der Waals surface area contributed by atoms with E-state index in [1.54, 1.807) is 19.1 Å². The number of aliphatic hydroxyl groups excluding tert-OH is 1. The summed E-state index contributed by atoms with van der Waals surface area (Å²) in [5, 5.41) is 12.8. The molecule has 0 spiro atoms. The van der Waals surface area contributed by atoms with Crippen molar-refractivity contribution in [3.63, 3.8) is 0 Å². The topological polar surface area (TPSA) is 32.3 Å². The Bertz CT molecular complexity index is 364. The van der Waals surface area contributed by atoms with Gasteiger partial charge in [-0.25, -0.2) is 4.39 Å². The third kappa shape index (κ3) is 4.43. The molecule has 0 radical (unpaired) electrons. The van der Waals surface area contributed by atoms with Crippen LogP contribution in [-0.2, 0) is 0 Å². The highest BCUT2D eigenvalue weighted by molar-refractivity contribution is 5.18. The van der Waals surface area contributed by atoms with E-state index >= 15 is 0 Å². The van der Waals surface area contributed by atoms with Gasteiger partial charge in [0.1, 0.15) is 5.82 Å². The molecule has 1 unspecified atom stereocenters. The Balaban J connectivity index is 2.31. The first kappa shape index (κ1) is 12.7. The van der Waals surface area contributed by atoms with Crippen LogP contribution in [0.3, 0.4) is 0 Å². The molecule has 0 aromatic heterocycles. The van der Waals surface area contributed by atoms with Crippen molar-refractivity contribution in [3.05, 3.63) is 35.6 Å². The molecule has 2 N–H and O–H groups in total. The molecule has 16 heavy (non-hydrogen) atoms. The largest absolute Gasteiger partial charge is 0.387 e. The van der Waals surface area contributed by atoms with Crippen molar-refractivity contribution < 1.29 is 9.50 Å². The number of halogens is 1. The molecule has 0 aliphatic heterocycles. The summed E-state index contributed by atoms with van der Waals surface area (Å²) in [5.41, 5.74) is 0.718. The molecule has 0 aliphatic rings. The number of hydrogen-bond acceptors (Lipinski definition) is 2. The number of benzene rings is 1. The van der Waals surface area contributed by atoms with Gasteiger partial charge in [-0.1, -0.05) is 12.1 Å². The van der Waals surface area contributed by atoms with Gasteiger partial charge in [-0.05, 0) is 24.6 Å². The zero-order chi connectivity index (χ0) is 11.8. The third-order valence-corrected chi connectivity index (χ3v) is 2.20. The van der Waals surface area contributed by atoms with Crippen LogP contribution in [0.15, 0.2) is 24.3 Å². The fraction of sp³-hybridized carbons (Fsp3) is 0.385. The van der Waals surface area contributed by atoms with Crippen LogP contribution in [0.2, 0.25) is 0 Å². The Morgan fingerprint density at radius 2 is 2.06 bits per heavy atom. The van der Waals surface area contributed by atoms with Crippen LogP contribution in [0.4, 0.5) is 4.39 Å². The van der Waals surface area contributed by atoms with Crippen LogP contribution in [0.1, 0.15) is 25.0 Å². The highest BCUT2D eigenvalue weighted by Gasteiger charge is 2.06. The predicted molar refractivity (Wildman–Crippen MR) is 62.3 cm³/mol. The second kappa shape index (κ2) is 7.00. The van der Waals surface area contributed by atoms with Crippen molar-refractivity contribution in [1.82, 2.24) is 5.32 Å². The van der Waals surface area contributed by atoms with Gasteiger partial charge in [0.25, 0.3) is 0 Å². The highest BCUT2D eigenvalue weighted by atomic mass is 19.1. The highest BCUT2D eigenvalue weighted by Crippen LogP contribution is 2.12. The third-order valence-electron chi connectivity index (χ3n) is 2.20. The predicted octanol–water partition coefficient (Wildman–Crippen LogP) is 1.86. The molecular weight excluding hydrogens is 205 g/mol. The molecule has 0 bridgehead atoms. The molecule has 1 aromatic rings. The summed E-state index contributed by atoms with van der Waals surface area (Å²) in [6.45, 7) is 3.00. The summed E-state index contributed by atoms with van der Waals surface area (Å²) < 4.78 is 12.6. The van der Waals surface area contributed by atoms with E-state index in [0.717, 1.165) is 18.5 Å². The molecule has 86 valence electrons. The van der Waals surface area contributed by atoms with E-state index < -0.39 is 6.10 Å². The Morgan fingerprint density at radius 1 is 1.38 bits per heavy atom. The van der Waals surface area contributed by atoms with Crippen LogP contribution in [0.25, 0.3) is 0 Å². The van der Waals surface area contributed by atoms with Gasteiger partial charge in [0.2, 0.25) is 0 Å². The van der Waals surface area contributed by atoms with Crippen molar-refractivity contribution in [3.8, 4) is 11.8 Å². The molecule has 0 fully saturated rings. The fourth-order valence-corrected chi connectivity index (χ4v) is 1.32. The van der Waals surface area contributed by atoms with Crippen molar-refractivity contribution in [2.24, 2.45) is 0 Å². The molecule has 0 aliphatic carbocycles. The molecule has 0 heterocycles. The van der Waals surface area contributed by atoms with Crippen LogP contribution in [0, 0.1) is 17.7 Å². The van der Waals surface area contributed by atoms with Crippen molar-refractivity contribution >= 4 is 0 Å². The molecule has 1 atom stereocenters. The van der Waals surface area contributed by atoms with E-state index in [1.807, 2.05) is 0 Å². The van der Waals surface area contributed by atoms with Gasteiger partial charge >= 0.3 is 0 Å². The molecule has 0 saturated heterocycles. The van der Waals surface area contributed by atoms with Crippen molar-refractivity contribution in [2.75, 3.05) is 13.1 Å². The summed E-state index contributed by atoms with van der Waals surface area (Å²) in [7, 11) is 0. The number of rotatable bonds is 5. The maximum absolute atomic E-state index is 12.6. The first-order valence-electron chi connectivity index (χ1n) is 5.28. The monoisotopic (exact) mass is 221 g/mol. The summed E-state index contributed by atoms with van der Waals surface area (Å²) in [4.78, 5) is 0. The minimum absolute atomic E-state index is 0.290. The van der Waals surface area contributed by atoms with Crippen LogP contribution in [-0.4, -0.2) is 18.2 Å². The lowest BCUT2D eigenvalue weighted by Crippen LogP contribution is -2.22. The summed E-state index contributed by atoms with van der Waals surface area (Å²) in [6, 6.07) is 5.88. The standard InChI is InChI=1S/C13H16FNO/c1-2-3-4-9-15-10-13(16)11-5-7-12(14)8-6-11/h5-8,13,15-16H,4,9-10H2,1H3. The summed E-state index contributed by atoms with van der Waals surface area (Å²) >= 11 is 0. The maximum atomic E-state index is 12.6. The zero-order valence-corrected chi connectivity index (χ0v) is 9.33. The van der Waals surface area contributed by atoms with E-state index in [4.69, 9.17) is 0 Å². The normalized spacial score (nSPS) is 11.7. The fourth-order valence-electron chi connectivity index (χ4n) is 1.32. The SMILES string of the molecule is CC#CCCNCC(O)c1ccc(F)cc1. The average Bonchev–Trinajstić information content (AvgIpc) is 2.29. The molecule has 1 aromatic carbocycles. The lowest BCUT2D eigenvalue weighted by Gasteiger charge is -2.11. The van der Waals surface area contributed by atoms with Crippen LogP contribution >= 0.6 is 0 Å². The Labute approximate surface area is 95.5 Å². The Morgan fingerprint density at radius 3 is 2.69 bits per heavy atom.